The number of rotatable bonds is 6. The van der Waals surface area contributed by atoms with Crippen LogP contribution < -0.4 is 11.1 Å². The molecule has 0 saturated heterocycles. The minimum absolute atomic E-state index is 0.102. The van der Waals surface area contributed by atoms with Crippen LogP contribution in [-0.2, 0) is 6.54 Å². The molecule has 4 heterocycles. The average molecular weight is 523 g/mol. The number of fused-ring (bicyclic) bond motifs is 1. The predicted octanol–water partition coefficient (Wildman–Crippen LogP) is 4.93. The van der Waals surface area contributed by atoms with E-state index in [1.807, 2.05) is 89.5 Å². The van der Waals surface area contributed by atoms with E-state index in [0.29, 0.717) is 22.9 Å². The molecule has 1 amide bonds. The summed E-state index contributed by atoms with van der Waals surface area (Å²) in [5.41, 5.74) is 12.2. The Hall–Kier alpha value is -5.88. The van der Waals surface area contributed by atoms with E-state index in [0.717, 1.165) is 28.0 Å². The van der Waals surface area contributed by atoms with E-state index in [1.54, 1.807) is 18.3 Å². The van der Waals surface area contributed by atoms with Gasteiger partial charge in [-0.25, -0.2) is 19.9 Å². The fourth-order valence-corrected chi connectivity index (χ4v) is 4.46. The van der Waals surface area contributed by atoms with Gasteiger partial charge in [0.05, 0.1) is 16.8 Å². The van der Waals surface area contributed by atoms with Crippen molar-refractivity contribution >= 4 is 22.9 Å². The number of amides is 1. The molecular weight excluding hydrogens is 500 g/mol. The highest BCUT2D eigenvalue weighted by molar-refractivity contribution is 5.94. The quantitative estimate of drug-likeness (QED) is 0.317. The molecule has 0 fully saturated rings. The molecule has 0 spiro atoms. The van der Waals surface area contributed by atoms with Crippen molar-refractivity contribution in [2.24, 2.45) is 0 Å². The van der Waals surface area contributed by atoms with Gasteiger partial charge in [-0.05, 0) is 54.1 Å². The Balaban J connectivity index is 1.37. The summed E-state index contributed by atoms with van der Waals surface area (Å²) >= 11 is 0. The molecule has 9 heteroatoms. The fourth-order valence-electron chi connectivity index (χ4n) is 4.46. The van der Waals surface area contributed by atoms with Gasteiger partial charge in [-0.2, -0.15) is 5.26 Å². The summed E-state index contributed by atoms with van der Waals surface area (Å²) in [4.78, 5) is 30.8. The van der Waals surface area contributed by atoms with Crippen LogP contribution in [-0.4, -0.2) is 30.4 Å². The number of nitrogen functional groups attached to an aromatic ring is 1. The van der Waals surface area contributed by atoms with Crippen molar-refractivity contribution in [2.75, 3.05) is 5.73 Å². The molecule has 0 bridgehead atoms. The zero-order valence-electron chi connectivity index (χ0n) is 21.2. The van der Waals surface area contributed by atoms with Crippen molar-refractivity contribution in [3.05, 3.63) is 120 Å². The van der Waals surface area contributed by atoms with Gasteiger partial charge < -0.3 is 11.1 Å². The molecule has 6 rings (SSSR count). The molecule has 0 radical (unpaired) electrons. The highest BCUT2D eigenvalue weighted by atomic mass is 16.1. The lowest BCUT2D eigenvalue weighted by Crippen LogP contribution is -2.24. The van der Waals surface area contributed by atoms with E-state index < -0.39 is 5.91 Å². The SMILES string of the molecule is N#Cc1cccnc1C(=O)NCc1ccc(-n2c(-c3cccnc3N)nc3ccc(-c4ccccc4)nc32)cc1. The molecule has 0 aliphatic heterocycles. The Morgan fingerprint density at radius 3 is 2.42 bits per heavy atom. The number of aromatic nitrogens is 5. The van der Waals surface area contributed by atoms with Crippen molar-refractivity contribution in [3.63, 3.8) is 0 Å². The molecule has 6 aromatic rings. The molecule has 192 valence electrons. The van der Waals surface area contributed by atoms with Gasteiger partial charge in [0.25, 0.3) is 5.91 Å². The maximum absolute atomic E-state index is 12.6. The Morgan fingerprint density at radius 1 is 0.875 bits per heavy atom. The van der Waals surface area contributed by atoms with E-state index in [2.05, 4.69) is 15.3 Å². The monoisotopic (exact) mass is 522 g/mol. The van der Waals surface area contributed by atoms with E-state index in [1.165, 1.54) is 6.20 Å². The van der Waals surface area contributed by atoms with E-state index in [9.17, 15) is 10.1 Å². The van der Waals surface area contributed by atoms with Crippen LogP contribution in [0.3, 0.4) is 0 Å². The average Bonchev–Trinajstić information content (AvgIpc) is 3.39. The van der Waals surface area contributed by atoms with Crippen LogP contribution >= 0.6 is 0 Å². The van der Waals surface area contributed by atoms with E-state index in [4.69, 9.17) is 15.7 Å². The number of benzene rings is 2. The molecule has 0 saturated carbocycles. The third-order valence-corrected chi connectivity index (χ3v) is 6.44. The van der Waals surface area contributed by atoms with Gasteiger partial charge >= 0.3 is 0 Å². The number of nitrogens with zero attached hydrogens (tertiary/aromatic N) is 6. The predicted molar refractivity (Wildman–Crippen MR) is 152 cm³/mol. The number of nitriles is 1. The standard InChI is InChI=1S/C31H22N8O/c32-18-22-8-4-16-34-27(22)31(40)36-19-20-10-12-23(13-11-20)39-29(24-9-5-17-35-28(24)33)38-26-15-14-25(37-30(26)39)21-6-2-1-3-7-21/h1-17H,19H2,(H2,33,35)(H,36,40). The molecule has 0 unspecified atom stereocenters. The number of anilines is 1. The van der Waals surface area contributed by atoms with Crippen LogP contribution in [0.1, 0.15) is 21.6 Å². The summed E-state index contributed by atoms with van der Waals surface area (Å²) in [6.07, 6.45) is 3.13. The van der Waals surface area contributed by atoms with Crippen molar-refractivity contribution in [3.8, 4) is 34.4 Å². The van der Waals surface area contributed by atoms with Crippen LogP contribution in [0.2, 0.25) is 0 Å². The topological polar surface area (TPSA) is 135 Å². The van der Waals surface area contributed by atoms with Gasteiger partial charge in [-0.3, -0.25) is 9.36 Å². The first-order valence-corrected chi connectivity index (χ1v) is 12.5. The Morgan fingerprint density at radius 2 is 1.65 bits per heavy atom. The fraction of sp³-hybridized carbons (Fsp3) is 0.0323. The van der Waals surface area contributed by atoms with Gasteiger partial charge in [-0.15, -0.1) is 0 Å². The number of hydrogen-bond donors (Lipinski definition) is 2. The lowest BCUT2D eigenvalue weighted by Gasteiger charge is -2.12. The van der Waals surface area contributed by atoms with Gasteiger partial charge in [0.15, 0.2) is 11.5 Å². The van der Waals surface area contributed by atoms with E-state index in [-0.39, 0.29) is 17.8 Å². The number of nitrogens with one attached hydrogen (secondary N) is 1. The number of imidazole rings is 1. The first-order valence-electron chi connectivity index (χ1n) is 12.5. The third kappa shape index (κ3) is 4.61. The minimum Gasteiger partial charge on any atom is -0.383 e. The third-order valence-electron chi connectivity index (χ3n) is 6.44. The lowest BCUT2D eigenvalue weighted by molar-refractivity contribution is 0.0945. The van der Waals surface area contributed by atoms with Gasteiger partial charge in [0.2, 0.25) is 0 Å². The maximum Gasteiger partial charge on any atom is 0.271 e. The maximum atomic E-state index is 12.6. The normalized spacial score (nSPS) is 10.8. The lowest BCUT2D eigenvalue weighted by atomic mass is 10.1. The summed E-state index contributed by atoms with van der Waals surface area (Å²) in [5, 5.41) is 12.1. The Kier molecular flexibility index (Phi) is 6.40. The smallest absolute Gasteiger partial charge is 0.271 e. The largest absolute Gasteiger partial charge is 0.383 e. The molecule has 0 aliphatic carbocycles. The van der Waals surface area contributed by atoms with Crippen LogP contribution in [0.4, 0.5) is 5.82 Å². The van der Waals surface area contributed by atoms with Crippen molar-refractivity contribution < 1.29 is 4.79 Å². The first kappa shape index (κ1) is 24.5. The molecule has 0 atom stereocenters. The first-order chi connectivity index (χ1) is 19.6. The van der Waals surface area contributed by atoms with Crippen LogP contribution in [0.5, 0.6) is 0 Å². The molecule has 40 heavy (non-hydrogen) atoms. The highest BCUT2D eigenvalue weighted by Crippen LogP contribution is 2.31. The second-order valence-electron chi connectivity index (χ2n) is 8.97. The van der Waals surface area contributed by atoms with Crippen molar-refractivity contribution in [1.82, 2.24) is 29.8 Å². The molecule has 2 aromatic carbocycles. The number of carbonyl (C=O) groups is 1. The summed E-state index contributed by atoms with van der Waals surface area (Å²) in [6.45, 7) is 0.268. The molecule has 0 aliphatic rings. The Bertz CT molecular complexity index is 1890. The number of carbonyl (C=O) groups excluding carboxylic acids is 1. The van der Waals surface area contributed by atoms with Gasteiger partial charge in [0.1, 0.15) is 23.1 Å². The number of hydrogen-bond acceptors (Lipinski definition) is 7. The molecular formula is C31H22N8O. The summed E-state index contributed by atoms with van der Waals surface area (Å²) in [6, 6.07) is 30.5. The van der Waals surface area contributed by atoms with E-state index >= 15 is 0 Å². The van der Waals surface area contributed by atoms with Crippen molar-refractivity contribution in [2.45, 2.75) is 6.54 Å². The number of pyridine rings is 3. The summed E-state index contributed by atoms with van der Waals surface area (Å²) in [7, 11) is 0. The Labute approximate surface area is 229 Å². The second-order valence-corrected chi connectivity index (χ2v) is 8.97. The van der Waals surface area contributed by atoms with Crippen LogP contribution in [0.15, 0.2) is 103 Å². The zero-order valence-corrected chi connectivity index (χ0v) is 21.2. The molecule has 9 nitrogen and oxygen atoms in total. The summed E-state index contributed by atoms with van der Waals surface area (Å²) < 4.78 is 1.96. The molecule has 4 aromatic heterocycles. The molecule has 3 N–H and O–H groups in total. The van der Waals surface area contributed by atoms with Crippen molar-refractivity contribution in [1.29, 1.82) is 5.26 Å². The van der Waals surface area contributed by atoms with Crippen LogP contribution in [0, 0.1) is 11.3 Å². The zero-order chi connectivity index (χ0) is 27.5. The van der Waals surface area contributed by atoms with Gasteiger partial charge in [0, 0.05) is 30.2 Å². The summed E-state index contributed by atoms with van der Waals surface area (Å²) in [5.74, 6) is 0.584. The van der Waals surface area contributed by atoms with Gasteiger partial charge in [-0.1, -0.05) is 42.5 Å². The highest BCUT2D eigenvalue weighted by Gasteiger charge is 2.19. The minimum atomic E-state index is -0.409. The number of nitrogens with two attached hydrogens (primary N) is 1. The van der Waals surface area contributed by atoms with Crippen LogP contribution in [0.25, 0.3) is 39.5 Å². The second kappa shape index (κ2) is 10.5.